The van der Waals surface area contributed by atoms with Crippen molar-refractivity contribution in [1.82, 2.24) is 15.0 Å². The van der Waals surface area contributed by atoms with Gasteiger partial charge in [-0.1, -0.05) is 12.1 Å². The van der Waals surface area contributed by atoms with Gasteiger partial charge in [-0.05, 0) is 7.05 Å². The number of aromatic nitrogens is 1. The molecule has 1 aliphatic rings. The molecule has 1 aromatic heterocycles. The molecule has 0 aliphatic carbocycles. The SMILES string of the molecule is CCc1cc(C(=O)N2CCN(C)CC2)no1. The van der Waals surface area contributed by atoms with Crippen molar-refractivity contribution >= 4 is 5.91 Å². The van der Waals surface area contributed by atoms with Gasteiger partial charge in [0.05, 0.1) is 0 Å². The van der Waals surface area contributed by atoms with Crippen LogP contribution in [0, 0.1) is 0 Å². The molecule has 5 nitrogen and oxygen atoms in total. The van der Waals surface area contributed by atoms with Gasteiger partial charge in [0.2, 0.25) is 0 Å². The van der Waals surface area contributed by atoms with E-state index in [-0.39, 0.29) is 5.91 Å². The van der Waals surface area contributed by atoms with Gasteiger partial charge in [-0.2, -0.15) is 0 Å². The normalized spacial score (nSPS) is 17.8. The average molecular weight is 223 g/mol. The molecular weight excluding hydrogens is 206 g/mol. The van der Waals surface area contributed by atoms with Crippen molar-refractivity contribution in [3.63, 3.8) is 0 Å². The second kappa shape index (κ2) is 4.65. The number of rotatable bonds is 2. The lowest BCUT2D eigenvalue weighted by Crippen LogP contribution is -2.47. The molecule has 0 unspecified atom stereocenters. The fraction of sp³-hybridized carbons (Fsp3) is 0.636. The largest absolute Gasteiger partial charge is 0.361 e. The predicted octanol–water partition coefficient (Wildman–Crippen LogP) is 0.625. The van der Waals surface area contributed by atoms with Crippen LogP contribution in [-0.4, -0.2) is 54.1 Å². The van der Waals surface area contributed by atoms with Gasteiger partial charge in [0.25, 0.3) is 5.91 Å². The fourth-order valence-electron chi connectivity index (χ4n) is 1.75. The van der Waals surface area contributed by atoms with E-state index in [4.69, 9.17) is 4.52 Å². The maximum atomic E-state index is 12.0. The Kier molecular flexibility index (Phi) is 3.24. The summed E-state index contributed by atoms with van der Waals surface area (Å²) in [6.45, 7) is 5.35. The standard InChI is InChI=1S/C11H17N3O2/c1-3-9-8-10(12-16-9)11(15)14-6-4-13(2)5-7-14/h8H,3-7H2,1-2H3. The number of carbonyl (C=O) groups is 1. The van der Waals surface area contributed by atoms with Crippen molar-refractivity contribution in [3.05, 3.63) is 17.5 Å². The van der Waals surface area contributed by atoms with Crippen LogP contribution in [0.15, 0.2) is 10.6 Å². The Hall–Kier alpha value is -1.36. The second-order valence-corrected chi connectivity index (χ2v) is 4.13. The summed E-state index contributed by atoms with van der Waals surface area (Å²) in [5.74, 6) is 0.744. The summed E-state index contributed by atoms with van der Waals surface area (Å²) in [5, 5.41) is 3.80. The molecule has 0 spiro atoms. The maximum absolute atomic E-state index is 12.0. The lowest BCUT2D eigenvalue weighted by atomic mass is 10.2. The molecule has 1 aliphatic heterocycles. The third kappa shape index (κ3) is 2.24. The molecule has 1 amide bonds. The highest BCUT2D eigenvalue weighted by Gasteiger charge is 2.22. The Morgan fingerprint density at radius 2 is 2.12 bits per heavy atom. The van der Waals surface area contributed by atoms with Gasteiger partial charge in [-0.25, -0.2) is 0 Å². The zero-order valence-electron chi connectivity index (χ0n) is 9.77. The molecule has 0 bridgehead atoms. The minimum absolute atomic E-state index is 0.0171. The molecule has 2 rings (SSSR count). The van der Waals surface area contributed by atoms with Gasteiger partial charge < -0.3 is 14.3 Å². The van der Waals surface area contributed by atoms with E-state index in [1.807, 2.05) is 11.8 Å². The first kappa shape index (κ1) is 11.1. The third-order valence-electron chi connectivity index (χ3n) is 2.92. The number of aryl methyl sites for hydroxylation is 1. The Morgan fingerprint density at radius 3 is 2.69 bits per heavy atom. The van der Waals surface area contributed by atoms with Crippen molar-refractivity contribution in [1.29, 1.82) is 0 Å². The number of piperazine rings is 1. The minimum Gasteiger partial charge on any atom is -0.361 e. The van der Waals surface area contributed by atoms with E-state index >= 15 is 0 Å². The number of carbonyl (C=O) groups excluding carboxylic acids is 1. The van der Waals surface area contributed by atoms with Gasteiger partial charge in [0, 0.05) is 38.7 Å². The van der Waals surface area contributed by atoms with Crippen molar-refractivity contribution in [2.24, 2.45) is 0 Å². The fourth-order valence-corrected chi connectivity index (χ4v) is 1.75. The Bertz CT molecular complexity index is 367. The van der Waals surface area contributed by atoms with Gasteiger partial charge >= 0.3 is 0 Å². The van der Waals surface area contributed by atoms with E-state index in [0.717, 1.165) is 38.4 Å². The summed E-state index contributed by atoms with van der Waals surface area (Å²) in [4.78, 5) is 16.1. The molecule has 0 N–H and O–H groups in total. The zero-order valence-corrected chi connectivity index (χ0v) is 9.77. The van der Waals surface area contributed by atoms with Crippen LogP contribution in [0.1, 0.15) is 23.2 Å². The van der Waals surface area contributed by atoms with Gasteiger partial charge in [-0.15, -0.1) is 0 Å². The predicted molar refractivity (Wildman–Crippen MR) is 59.3 cm³/mol. The summed E-state index contributed by atoms with van der Waals surface area (Å²) in [6, 6.07) is 1.74. The molecule has 16 heavy (non-hydrogen) atoms. The van der Waals surface area contributed by atoms with Crippen LogP contribution in [0.2, 0.25) is 0 Å². The quantitative estimate of drug-likeness (QED) is 0.737. The molecule has 0 radical (unpaired) electrons. The van der Waals surface area contributed by atoms with Crippen molar-refractivity contribution in [2.45, 2.75) is 13.3 Å². The summed E-state index contributed by atoms with van der Waals surface area (Å²) in [5.41, 5.74) is 0.432. The van der Waals surface area contributed by atoms with E-state index < -0.39 is 0 Å². The van der Waals surface area contributed by atoms with Crippen molar-refractivity contribution < 1.29 is 9.32 Å². The van der Waals surface area contributed by atoms with Crippen molar-refractivity contribution in [3.8, 4) is 0 Å². The molecule has 0 atom stereocenters. The highest BCUT2D eigenvalue weighted by atomic mass is 16.5. The van der Waals surface area contributed by atoms with Gasteiger partial charge in [0.15, 0.2) is 5.69 Å². The van der Waals surface area contributed by atoms with E-state index in [1.165, 1.54) is 0 Å². The Morgan fingerprint density at radius 1 is 1.44 bits per heavy atom. The van der Waals surface area contributed by atoms with E-state index in [0.29, 0.717) is 5.69 Å². The van der Waals surface area contributed by atoms with Crippen LogP contribution in [0.25, 0.3) is 0 Å². The molecule has 5 heteroatoms. The molecule has 1 aromatic rings. The first-order chi connectivity index (χ1) is 7.70. The number of likely N-dealkylation sites (N-methyl/N-ethyl adjacent to an activating group) is 1. The average Bonchev–Trinajstić information content (AvgIpc) is 2.77. The summed E-state index contributed by atoms with van der Waals surface area (Å²) < 4.78 is 5.04. The summed E-state index contributed by atoms with van der Waals surface area (Å²) in [7, 11) is 2.06. The van der Waals surface area contributed by atoms with Crippen LogP contribution in [0.4, 0.5) is 0 Å². The first-order valence-corrected chi connectivity index (χ1v) is 5.64. The van der Waals surface area contributed by atoms with Crippen LogP contribution in [0.3, 0.4) is 0 Å². The lowest BCUT2D eigenvalue weighted by Gasteiger charge is -2.31. The lowest BCUT2D eigenvalue weighted by molar-refractivity contribution is 0.0654. The first-order valence-electron chi connectivity index (χ1n) is 5.64. The number of amides is 1. The van der Waals surface area contributed by atoms with E-state index in [2.05, 4.69) is 17.1 Å². The van der Waals surface area contributed by atoms with Crippen molar-refractivity contribution in [2.75, 3.05) is 33.2 Å². The summed E-state index contributed by atoms with van der Waals surface area (Å²) in [6.07, 6.45) is 0.767. The van der Waals surface area contributed by atoms with Crippen LogP contribution >= 0.6 is 0 Å². The third-order valence-corrected chi connectivity index (χ3v) is 2.92. The Balaban J connectivity index is 2.01. The van der Waals surface area contributed by atoms with Crippen LogP contribution < -0.4 is 0 Å². The molecule has 2 heterocycles. The highest BCUT2D eigenvalue weighted by Crippen LogP contribution is 2.09. The van der Waals surface area contributed by atoms with Crippen LogP contribution in [0.5, 0.6) is 0 Å². The van der Waals surface area contributed by atoms with Gasteiger partial charge in [0.1, 0.15) is 5.76 Å². The molecule has 1 saturated heterocycles. The summed E-state index contributed by atoms with van der Waals surface area (Å²) >= 11 is 0. The molecule has 0 aromatic carbocycles. The number of hydrogen-bond donors (Lipinski definition) is 0. The maximum Gasteiger partial charge on any atom is 0.276 e. The molecule has 0 saturated carbocycles. The minimum atomic E-state index is -0.0171. The molecule has 88 valence electrons. The number of hydrogen-bond acceptors (Lipinski definition) is 4. The van der Waals surface area contributed by atoms with E-state index in [1.54, 1.807) is 6.07 Å². The Labute approximate surface area is 95.0 Å². The molecule has 1 fully saturated rings. The topological polar surface area (TPSA) is 49.6 Å². The number of nitrogens with zero attached hydrogens (tertiary/aromatic N) is 3. The zero-order chi connectivity index (χ0) is 11.5. The second-order valence-electron chi connectivity index (χ2n) is 4.13. The monoisotopic (exact) mass is 223 g/mol. The highest BCUT2D eigenvalue weighted by molar-refractivity contribution is 5.92. The molecular formula is C11H17N3O2. The van der Waals surface area contributed by atoms with Crippen LogP contribution in [-0.2, 0) is 6.42 Å². The van der Waals surface area contributed by atoms with Gasteiger partial charge in [-0.3, -0.25) is 4.79 Å². The van der Waals surface area contributed by atoms with E-state index in [9.17, 15) is 4.79 Å². The smallest absolute Gasteiger partial charge is 0.276 e.